The molecule has 1 saturated heterocycles. The van der Waals surface area contributed by atoms with E-state index in [4.69, 9.17) is 9.47 Å². The van der Waals surface area contributed by atoms with Gasteiger partial charge in [0.05, 0.1) is 29.4 Å². The van der Waals surface area contributed by atoms with Crippen molar-refractivity contribution < 1.29 is 32.3 Å². The summed E-state index contributed by atoms with van der Waals surface area (Å²) < 4.78 is 36.6. The van der Waals surface area contributed by atoms with E-state index in [0.29, 0.717) is 32.0 Å². The molecule has 3 rings (SSSR count). The first-order valence-electron chi connectivity index (χ1n) is 10.2. The normalized spacial score (nSPS) is 14.1. The fourth-order valence-corrected chi connectivity index (χ4v) is 4.09. The van der Waals surface area contributed by atoms with Crippen LogP contribution in [-0.2, 0) is 24.3 Å². The lowest BCUT2D eigenvalue weighted by Crippen LogP contribution is -2.37. The quantitative estimate of drug-likeness (QED) is 0.586. The van der Waals surface area contributed by atoms with Crippen LogP contribution in [0.5, 0.6) is 0 Å². The van der Waals surface area contributed by atoms with E-state index in [1.807, 2.05) is 4.90 Å². The van der Waals surface area contributed by atoms with Gasteiger partial charge in [-0.05, 0) is 30.3 Å². The van der Waals surface area contributed by atoms with E-state index in [0.717, 1.165) is 4.31 Å². The summed E-state index contributed by atoms with van der Waals surface area (Å²) in [5.74, 6) is -2.30. The number of amides is 2. The van der Waals surface area contributed by atoms with Gasteiger partial charge in [0, 0.05) is 32.7 Å². The fourth-order valence-electron chi connectivity index (χ4n) is 3.16. The van der Waals surface area contributed by atoms with Gasteiger partial charge in [0.25, 0.3) is 11.8 Å². The number of nitrogens with zero attached hydrogens (tertiary/aromatic N) is 2. The third-order valence-corrected chi connectivity index (χ3v) is 6.75. The highest BCUT2D eigenvalue weighted by atomic mass is 32.2. The summed E-state index contributed by atoms with van der Waals surface area (Å²) >= 11 is 0. The molecule has 0 bridgehead atoms. The second kappa shape index (κ2) is 10.6. The zero-order valence-corrected chi connectivity index (χ0v) is 19.1. The molecule has 2 amide bonds. The number of carbonyl (C=O) groups excluding carboxylic acids is 3. The van der Waals surface area contributed by atoms with Crippen molar-refractivity contribution in [1.82, 2.24) is 9.62 Å². The third-order valence-electron chi connectivity index (χ3n) is 4.94. The van der Waals surface area contributed by atoms with Crippen molar-refractivity contribution in [2.75, 3.05) is 51.9 Å². The molecule has 0 unspecified atom stereocenters. The first kappa shape index (κ1) is 24.4. The number of nitrogens with one attached hydrogen (secondary N) is 1. The Balaban J connectivity index is 1.77. The number of morpholine rings is 1. The smallest absolute Gasteiger partial charge is 0.340 e. The lowest BCUT2D eigenvalue weighted by Gasteiger charge is -2.30. The van der Waals surface area contributed by atoms with Crippen LogP contribution >= 0.6 is 0 Å². The van der Waals surface area contributed by atoms with E-state index in [9.17, 15) is 22.8 Å². The standard InChI is InChI=1S/C22H25N3O7S/c1-24(2)33(29,30)17-8-9-19(25-10-12-31-13-11-25)18(14-17)22(28)32-15-20(26)23-21(27)16-6-4-3-5-7-16/h3-9,14H,10-13,15H2,1-2H3,(H,23,26,27). The molecule has 0 aromatic heterocycles. The maximum absolute atomic E-state index is 12.9. The highest BCUT2D eigenvalue weighted by Crippen LogP contribution is 2.27. The van der Waals surface area contributed by atoms with Gasteiger partial charge in [0.2, 0.25) is 10.0 Å². The van der Waals surface area contributed by atoms with Crippen LogP contribution in [0.4, 0.5) is 5.69 Å². The third kappa shape index (κ3) is 5.95. The molecule has 11 heteroatoms. The highest BCUT2D eigenvalue weighted by Gasteiger charge is 2.25. The minimum absolute atomic E-state index is 0.00186. The zero-order valence-electron chi connectivity index (χ0n) is 18.3. The van der Waals surface area contributed by atoms with Gasteiger partial charge in [0.1, 0.15) is 0 Å². The predicted molar refractivity (Wildman–Crippen MR) is 120 cm³/mol. The van der Waals surface area contributed by atoms with Crippen molar-refractivity contribution in [3.63, 3.8) is 0 Å². The topological polar surface area (TPSA) is 122 Å². The number of hydrogen-bond donors (Lipinski definition) is 1. The number of ether oxygens (including phenoxy) is 2. The summed E-state index contributed by atoms with van der Waals surface area (Å²) in [6.07, 6.45) is 0. The van der Waals surface area contributed by atoms with Crippen LogP contribution in [0.15, 0.2) is 53.4 Å². The average molecular weight is 476 g/mol. The maximum atomic E-state index is 12.9. The number of benzene rings is 2. The second-order valence-electron chi connectivity index (χ2n) is 7.39. The predicted octanol–water partition coefficient (Wildman–Crippen LogP) is 0.887. The molecule has 0 spiro atoms. The first-order valence-corrected chi connectivity index (χ1v) is 11.6. The summed E-state index contributed by atoms with van der Waals surface area (Å²) in [6, 6.07) is 12.3. The number of hydrogen-bond acceptors (Lipinski definition) is 8. The molecule has 33 heavy (non-hydrogen) atoms. The van der Waals surface area contributed by atoms with E-state index < -0.39 is 34.4 Å². The summed E-state index contributed by atoms with van der Waals surface area (Å²) in [4.78, 5) is 38.9. The molecule has 1 N–H and O–H groups in total. The molecule has 0 saturated carbocycles. The largest absolute Gasteiger partial charge is 0.452 e. The Morgan fingerprint density at radius 2 is 1.73 bits per heavy atom. The molecule has 1 aliphatic rings. The van der Waals surface area contributed by atoms with Crippen LogP contribution in [0.3, 0.4) is 0 Å². The van der Waals surface area contributed by atoms with Crippen LogP contribution in [0.1, 0.15) is 20.7 Å². The molecule has 176 valence electrons. The number of anilines is 1. The molecule has 1 aliphatic heterocycles. The SMILES string of the molecule is CN(C)S(=O)(=O)c1ccc(N2CCOCC2)c(C(=O)OCC(=O)NC(=O)c2ccccc2)c1. The number of imide groups is 1. The van der Waals surface area contributed by atoms with Gasteiger partial charge in [0.15, 0.2) is 6.61 Å². The minimum atomic E-state index is -3.80. The van der Waals surface area contributed by atoms with Crippen molar-refractivity contribution in [3.05, 3.63) is 59.7 Å². The second-order valence-corrected chi connectivity index (χ2v) is 9.54. The van der Waals surface area contributed by atoms with Gasteiger partial charge >= 0.3 is 5.97 Å². The van der Waals surface area contributed by atoms with Crippen LogP contribution in [0.2, 0.25) is 0 Å². The van der Waals surface area contributed by atoms with Crippen LogP contribution < -0.4 is 10.2 Å². The van der Waals surface area contributed by atoms with E-state index in [1.54, 1.807) is 30.3 Å². The molecule has 0 radical (unpaired) electrons. The molecule has 1 fully saturated rings. The van der Waals surface area contributed by atoms with E-state index in [1.165, 1.54) is 32.3 Å². The maximum Gasteiger partial charge on any atom is 0.340 e. The Morgan fingerprint density at radius 3 is 2.36 bits per heavy atom. The number of sulfonamides is 1. The molecule has 10 nitrogen and oxygen atoms in total. The molecule has 1 heterocycles. The first-order chi connectivity index (χ1) is 15.7. The van der Waals surface area contributed by atoms with Gasteiger partial charge in [-0.25, -0.2) is 17.5 Å². The van der Waals surface area contributed by atoms with E-state index in [-0.39, 0.29) is 16.0 Å². The van der Waals surface area contributed by atoms with Crippen molar-refractivity contribution in [1.29, 1.82) is 0 Å². The summed E-state index contributed by atoms with van der Waals surface area (Å²) in [5, 5.41) is 2.15. The fraction of sp³-hybridized carbons (Fsp3) is 0.318. The highest BCUT2D eigenvalue weighted by molar-refractivity contribution is 7.89. The Bertz CT molecular complexity index is 1130. The molecule has 0 atom stereocenters. The van der Waals surface area contributed by atoms with Crippen molar-refractivity contribution >= 4 is 33.5 Å². The summed E-state index contributed by atoms with van der Waals surface area (Å²) in [5.41, 5.74) is 0.761. The molecular weight excluding hydrogens is 450 g/mol. The average Bonchev–Trinajstić information content (AvgIpc) is 2.83. The van der Waals surface area contributed by atoms with Gasteiger partial charge in [-0.1, -0.05) is 18.2 Å². The molecular formula is C22H25N3O7S. The van der Waals surface area contributed by atoms with Crippen molar-refractivity contribution in [3.8, 4) is 0 Å². The zero-order chi connectivity index (χ0) is 24.0. The Labute approximate surface area is 192 Å². The van der Waals surface area contributed by atoms with E-state index in [2.05, 4.69) is 5.32 Å². The van der Waals surface area contributed by atoms with Crippen molar-refractivity contribution in [2.24, 2.45) is 0 Å². The van der Waals surface area contributed by atoms with Crippen LogP contribution in [-0.4, -0.2) is 77.5 Å². The molecule has 0 aliphatic carbocycles. The van der Waals surface area contributed by atoms with Gasteiger partial charge < -0.3 is 14.4 Å². The molecule has 2 aromatic rings. The van der Waals surface area contributed by atoms with Gasteiger partial charge in [-0.2, -0.15) is 0 Å². The Hall–Kier alpha value is -3.28. The summed E-state index contributed by atoms with van der Waals surface area (Å²) in [7, 11) is -1.03. The summed E-state index contributed by atoms with van der Waals surface area (Å²) in [6.45, 7) is 1.22. The lowest BCUT2D eigenvalue weighted by molar-refractivity contribution is -0.123. The number of carbonyl (C=O) groups is 3. The Morgan fingerprint density at radius 1 is 1.06 bits per heavy atom. The van der Waals surface area contributed by atoms with Crippen LogP contribution in [0, 0.1) is 0 Å². The van der Waals surface area contributed by atoms with E-state index >= 15 is 0 Å². The lowest BCUT2D eigenvalue weighted by atomic mass is 10.1. The molecule has 2 aromatic carbocycles. The van der Waals surface area contributed by atoms with Crippen molar-refractivity contribution in [2.45, 2.75) is 4.90 Å². The van der Waals surface area contributed by atoms with Crippen LogP contribution in [0.25, 0.3) is 0 Å². The Kier molecular flexibility index (Phi) is 7.79. The minimum Gasteiger partial charge on any atom is -0.452 e. The van der Waals surface area contributed by atoms with Gasteiger partial charge in [-0.3, -0.25) is 14.9 Å². The number of esters is 1. The van der Waals surface area contributed by atoms with Gasteiger partial charge in [-0.15, -0.1) is 0 Å². The number of rotatable bonds is 7. The monoisotopic (exact) mass is 475 g/mol.